The molecule has 1 aliphatic heterocycles. The summed E-state index contributed by atoms with van der Waals surface area (Å²) >= 11 is 0. The zero-order valence-electron chi connectivity index (χ0n) is 19.7. The van der Waals surface area contributed by atoms with E-state index < -0.39 is 45.2 Å². The number of rotatable bonds is 8. The fourth-order valence-corrected chi connectivity index (χ4v) is 5.40. The van der Waals surface area contributed by atoms with Crippen molar-refractivity contribution < 1.29 is 27.5 Å². The smallest absolute Gasteiger partial charge is 0.411 e. The monoisotopic (exact) mass is 487 g/mol. The molecular formula is C24H29N3O6S. The molecule has 0 fully saturated rings. The Kier molecular flexibility index (Phi) is 7.61. The van der Waals surface area contributed by atoms with Crippen LogP contribution in [0.1, 0.15) is 29.8 Å². The molecule has 2 aromatic carbocycles. The number of carbonyl (C=O) groups excluding carboxylic acids is 3. The van der Waals surface area contributed by atoms with Crippen LogP contribution in [0, 0.1) is 6.92 Å². The van der Waals surface area contributed by atoms with Crippen LogP contribution in [-0.2, 0) is 19.4 Å². The topological polar surface area (TPSA) is 113 Å². The van der Waals surface area contributed by atoms with Crippen LogP contribution in [-0.4, -0.2) is 63.9 Å². The first-order valence-electron chi connectivity index (χ1n) is 11.0. The van der Waals surface area contributed by atoms with Crippen molar-refractivity contribution in [1.82, 2.24) is 0 Å². The van der Waals surface area contributed by atoms with Gasteiger partial charge in [-0.15, -0.1) is 0 Å². The number of benzene rings is 2. The molecule has 0 saturated heterocycles. The molecule has 2 amide bonds. The molecule has 9 nitrogen and oxygen atoms in total. The molecule has 0 aromatic heterocycles. The number of amides is 2. The number of ether oxygens (including phenoxy) is 1. The minimum absolute atomic E-state index is 0.167. The maximum absolute atomic E-state index is 12.8. The molecule has 34 heavy (non-hydrogen) atoms. The van der Waals surface area contributed by atoms with Crippen molar-refractivity contribution in [1.29, 1.82) is 0 Å². The van der Waals surface area contributed by atoms with E-state index in [0.29, 0.717) is 11.4 Å². The molecule has 0 radical (unpaired) electrons. The predicted molar refractivity (Wildman–Crippen MR) is 131 cm³/mol. The molecule has 2 aromatic rings. The van der Waals surface area contributed by atoms with E-state index in [1.165, 1.54) is 13.1 Å². The lowest BCUT2D eigenvalue weighted by molar-refractivity contribution is -0.117. The van der Waals surface area contributed by atoms with Gasteiger partial charge in [0, 0.05) is 37.1 Å². The summed E-state index contributed by atoms with van der Waals surface area (Å²) in [6.45, 7) is 7.18. The van der Waals surface area contributed by atoms with Crippen LogP contribution in [0.2, 0.25) is 0 Å². The second kappa shape index (κ2) is 10.3. The summed E-state index contributed by atoms with van der Waals surface area (Å²) in [7, 11) is -2.78. The SMILES string of the molecule is CCN(CC)c1ccc(NC(=O)OCCS(=O)(=O)C2C(=O)c3ccccc3N(C)C2=O)c(C)c1. The number of hydrogen-bond acceptors (Lipinski definition) is 7. The van der Waals surface area contributed by atoms with Gasteiger partial charge in [-0.05, 0) is 56.7 Å². The Morgan fingerprint density at radius 3 is 2.44 bits per heavy atom. The quantitative estimate of drug-likeness (QED) is 0.570. The summed E-state index contributed by atoms with van der Waals surface area (Å²) in [5, 5.41) is 0.746. The predicted octanol–water partition coefficient (Wildman–Crippen LogP) is 3.03. The zero-order chi connectivity index (χ0) is 25.0. The van der Waals surface area contributed by atoms with Gasteiger partial charge in [-0.1, -0.05) is 12.1 Å². The van der Waals surface area contributed by atoms with Gasteiger partial charge < -0.3 is 14.5 Å². The third-order valence-corrected chi connectivity index (χ3v) is 7.73. The Bertz CT molecular complexity index is 1210. The molecule has 1 aliphatic rings. The lowest BCUT2D eigenvalue weighted by Gasteiger charge is -2.30. The maximum Gasteiger partial charge on any atom is 0.411 e. The summed E-state index contributed by atoms with van der Waals surface area (Å²) in [4.78, 5) is 41.0. The number of hydrogen-bond donors (Lipinski definition) is 1. The van der Waals surface area contributed by atoms with Crippen LogP contribution >= 0.6 is 0 Å². The van der Waals surface area contributed by atoms with E-state index in [0.717, 1.165) is 29.2 Å². The Balaban J connectivity index is 1.62. The number of ketones is 1. The van der Waals surface area contributed by atoms with E-state index in [1.807, 2.05) is 19.1 Å². The Hall–Kier alpha value is -3.40. The highest BCUT2D eigenvalue weighted by molar-refractivity contribution is 7.93. The first kappa shape index (κ1) is 25.2. The van der Waals surface area contributed by atoms with Gasteiger partial charge in [0.1, 0.15) is 6.61 Å². The van der Waals surface area contributed by atoms with E-state index in [2.05, 4.69) is 24.1 Å². The maximum atomic E-state index is 12.8. The fourth-order valence-electron chi connectivity index (χ4n) is 3.93. The van der Waals surface area contributed by atoms with Crippen LogP contribution in [0.15, 0.2) is 42.5 Å². The lowest BCUT2D eigenvalue weighted by Crippen LogP contribution is -2.51. The molecule has 1 atom stereocenters. The van der Waals surface area contributed by atoms with Gasteiger partial charge >= 0.3 is 6.09 Å². The van der Waals surface area contributed by atoms with Crippen molar-refractivity contribution in [3.05, 3.63) is 53.6 Å². The molecule has 1 unspecified atom stereocenters. The highest BCUT2D eigenvalue weighted by Crippen LogP contribution is 2.29. The number of nitrogens with zero attached hydrogens (tertiary/aromatic N) is 2. The largest absolute Gasteiger partial charge is 0.448 e. The molecule has 0 bridgehead atoms. The number of Topliss-reactive ketones (excluding diaryl/α,β-unsaturated/α-hetero) is 1. The van der Waals surface area contributed by atoms with Crippen LogP contribution in [0.25, 0.3) is 0 Å². The molecule has 0 spiro atoms. The number of anilines is 3. The van der Waals surface area contributed by atoms with Gasteiger partial charge in [0.25, 0.3) is 5.91 Å². The van der Waals surface area contributed by atoms with Gasteiger partial charge in [0.2, 0.25) is 5.25 Å². The highest BCUT2D eigenvalue weighted by atomic mass is 32.2. The number of sulfone groups is 1. The van der Waals surface area contributed by atoms with Crippen molar-refractivity contribution in [2.24, 2.45) is 0 Å². The fraction of sp³-hybridized carbons (Fsp3) is 0.375. The summed E-state index contributed by atoms with van der Waals surface area (Å²) < 4.78 is 30.7. The van der Waals surface area contributed by atoms with Crippen molar-refractivity contribution in [3.63, 3.8) is 0 Å². The van der Waals surface area contributed by atoms with Crippen LogP contribution in [0.3, 0.4) is 0 Å². The zero-order valence-corrected chi connectivity index (χ0v) is 20.5. The molecule has 10 heteroatoms. The summed E-state index contributed by atoms with van der Waals surface area (Å²) in [5.74, 6) is -2.25. The molecule has 1 heterocycles. The third kappa shape index (κ3) is 5.06. The third-order valence-electron chi connectivity index (χ3n) is 5.86. The molecule has 3 rings (SSSR count). The van der Waals surface area contributed by atoms with Gasteiger partial charge in [-0.25, -0.2) is 13.2 Å². The van der Waals surface area contributed by atoms with Crippen LogP contribution in [0.4, 0.5) is 21.9 Å². The Morgan fingerprint density at radius 1 is 1.12 bits per heavy atom. The van der Waals surface area contributed by atoms with Gasteiger partial charge in [0.15, 0.2) is 15.6 Å². The van der Waals surface area contributed by atoms with E-state index in [9.17, 15) is 22.8 Å². The molecular weight excluding hydrogens is 458 g/mol. The van der Waals surface area contributed by atoms with E-state index >= 15 is 0 Å². The average molecular weight is 488 g/mol. The first-order chi connectivity index (χ1) is 16.1. The minimum atomic E-state index is -4.21. The highest BCUT2D eigenvalue weighted by Gasteiger charge is 2.45. The Labute approximate surface area is 199 Å². The molecule has 0 aliphatic carbocycles. The van der Waals surface area contributed by atoms with Gasteiger partial charge in [-0.2, -0.15) is 0 Å². The molecule has 0 saturated carbocycles. The summed E-state index contributed by atoms with van der Waals surface area (Å²) in [6, 6.07) is 11.9. The second-order valence-corrected chi connectivity index (χ2v) is 10.2. The van der Waals surface area contributed by atoms with E-state index in [4.69, 9.17) is 4.74 Å². The van der Waals surface area contributed by atoms with Crippen LogP contribution < -0.4 is 15.1 Å². The summed E-state index contributed by atoms with van der Waals surface area (Å²) in [5.41, 5.74) is 2.93. The standard InChI is InChI=1S/C24H29N3O6S/c1-5-27(6-2)17-11-12-19(16(3)15-17)25-24(30)33-13-14-34(31,32)22-21(28)18-9-7-8-10-20(18)26(4)23(22)29/h7-12,15,22H,5-6,13-14H2,1-4H3,(H,25,30). The van der Waals surface area contributed by atoms with E-state index in [-0.39, 0.29) is 5.56 Å². The van der Waals surface area contributed by atoms with Crippen molar-refractivity contribution in [2.45, 2.75) is 26.0 Å². The van der Waals surface area contributed by atoms with E-state index in [1.54, 1.807) is 24.3 Å². The molecule has 182 valence electrons. The number of fused-ring (bicyclic) bond motifs is 1. The second-order valence-electron chi connectivity index (χ2n) is 7.96. The number of aryl methyl sites for hydroxylation is 1. The minimum Gasteiger partial charge on any atom is -0.448 e. The van der Waals surface area contributed by atoms with Gasteiger partial charge in [0.05, 0.1) is 11.4 Å². The number of nitrogens with one attached hydrogen (secondary N) is 1. The number of para-hydroxylation sites is 1. The van der Waals surface area contributed by atoms with Crippen molar-refractivity contribution in [2.75, 3.05) is 47.6 Å². The normalized spacial score (nSPS) is 15.6. The number of carbonyl (C=O) groups is 3. The molecule has 1 N–H and O–H groups in total. The van der Waals surface area contributed by atoms with Crippen molar-refractivity contribution in [3.8, 4) is 0 Å². The van der Waals surface area contributed by atoms with Crippen molar-refractivity contribution >= 4 is 44.7 Å². The lowest BCUT2D eigenvalue weighted by atomic mass is 10.00. The van der Waals surface area contributed by atoms with Crippen LogP contribution in [0.5, 0.6) is 0 Å². The average Bonchev–Trinajstić information content (AvgIpc) is 2.80. The van der Waals surface area contributed by atoms with Gasteiger partial charge in [-0.3, -0.25) is 14.9 Å². The summed E-state index contributed by atoms with van der Waals surface area (Å²) in [6.07, 6.45) is -0.822. The first-order valence-corrected chi connectivity index (χ1v) is 12.7. The Morgan fingerprint density at radius 2 is 1.79 bits per heavy atom.